The number of nitrogens with one attached hydrogen (secondary N) is 1. The molecule has 5 heteroatoms. The number of hydrogen-bond donors (Lipinski definition) is 2. The third-order valence-corrected chi connectivity index (χ3v) is 2.74. The number of ether oxygens (including phenoxy) is 1. The lowest BCUT2D eigenvalue weighted by molar-refractivity contribution is 0.292. The highest BCUT2D eigenvalue weighted by atomic mass is 19.1. The zero-order valence-electron chi connectivity index (χ0n) is 11.1. The molecule has 0 spiro atoms. The molecule has 2 N–H and O–H groups in total. The summed E-state index contributed by atoms with van der Waals surface area (Å²) >= 11 is 0. The zero-order valence-corrected chi connectivity index (χ0v) is 11.1. The summed E-state index contributed by atoms with van der Waals surface area (Å²) in [5.74, 6) is 0.773. The lowest BCUT2D eigenvalue weighted by Crippen LogP contribution is -2.21. The van der Waals surface area contributed by atoms with E-state index in [1.807, 2.05) is 6.07 Å². The van der Waals surface area contributed by atoms with Gasteiger partial charge in [0.1, 0.15) is 11.6 Å². The Morgan fingerprint density at radius 3 is 2.90 bits per heavy atom. The van der Waals surface area contributed by atoms with Gasteiger partial charge in [-0.3, -0.25) is 0 Å². The Labute approximate surface area is 118 Å². The highest BCUT2D eigenvalue weighted by Gasteiger charge is 2.05. The standard InChI is InChI=1S/C15H17FN2O2.H2/c16-14-5-4-13(20-15-3-1-2-7-18-15)11-12(14)6-8-17-9-10-19;/h1-5,7,11,17,19H,6,8-10H2;1H. The third-order valence-electron chi connectivity index (χ3n) is 2.74. The zero-order chi connectivity index (χ0) is 14.2. The molecule has 1 aromatic heterocycles. The lowest BCUT2D eigenvalue weighted by Gasteiger charge is -2.08. The Kier molecular flexibility index (Phi) is 5.46. The van der Waals surface area contributed by atoms with Crippen LogP contribution in [0.15, 0.2) is 42.6 Å². The molecule has 1 aromatic carbocycles. The summed E-state index contributed by atoms with van der Waals surface area (Å²) in [6.07, 6.45) is 2.17. The van der Waals surface area contributed by atoms with Crippen LogP contribution in [0, 0.1) is 5.82 Å². The van der Waals surface area contributed by atoms with E-state index in [1.54, 1.807) is 30.5 Å². The van der Waals surface area contributed by atoms with Crippen molar-refractivity contribution in [1.29, 1.82) is 0 Å². The number of aliphatic hydroxyl groups is 1. The van der Waals surface area contributed by atoms with E-state index in [1.165, 1.54) is 6.07 Å². The fourth-order valence-corrected chi connectivity index (χ4v) is 1.76. The number of aliphatic hydroxyl groups excluding tert-OH is 1. The minimum atomic E-state index is -0.260. The van der Waals surface area contributed by atoms with Gasteiger partial charge in [-0.2, -0.15) is 0 Å². The van der Waals surface area contributed by atoms with Gasteiger partial charge in [0.05, 0.1) is 6.61 Å². The topological polar surface area (TPSA) is 54.4 Å². The molecular formula is C15H19FN2O2. The van der Waals surface area contributed by atoms with E-state index in [0.29, 0.717) is 36.7 Å². The van der Waals surface area contributed by atoms with Crippen molar-refractivity contribution >= 4 is 0 Å². The van der Waals surface area contributed by atoms with Crippen molar-refractivity contribution in [1.82, 2.24) is 10.3 Å². The first kappa shape index (κ1) is 14.4. The monoisotopic (exact) mass is 278 g/mol. The van der Waals surface area contributed by atoms with Crippen molar-refractivity contribution in [2.24, 2.45) is 0 Å². The van der Waals surface area contributed by atoms with E-state index in [9.17, 15) is 4.39 Å². The Balaban J connectivity index is 0.00000220. The van der Waals surface area contributed by atoms with Crippen molar-refractivity contribution in [3.05, 3.63) is 54.0 Å². The fourth-order valence-electron chi connectivity index (χ4n) is 1.76. The molecule has 0 bridgehead atoms. The smallest absolute Gasteiger partial charge is 0.219 e. The predicted octanol–water partition coefficient (Wildman–Crippen LogP) is 2.38. The summed E-state index contributed by atoms with van der Waals surface area (Å²) in [6, 6.07) is 10.0. The van der Waals surface area contributed by atoms with Crippen LogP contribution in [0.1, 0.15) is 6.99 Å². The molecule has 0 aliphatic heterocycles. The van der Waals surface area contributed by atoms with Crippen LogP contribution in [0.5, 0.6) is 11.6 Å². The summed E-state index contributed by atoms with van der Waals surface area (Å²) in [5.41, 5.74) is 0.573. The van der Waals surface area contributed by atoms with Gasteiger partial charge in [-0.1, -0.05) is 6.07 Å². The number of pyridine rings is 1. The van der Waals surface area contributed by atoms with Gasteiger partial charge in [-0.15, -0.1) is 0 Å². The molecule has 4 nitrogen and oxygen atoms in total. The van der Waals surface area contributed by atoms with Crippen LogP contribution in [-0.2, 0) is 6.42 Å². The number of nitrogens with zero attached hydrogens (tertiary/aromatic N) is 1. The van der Waals surface area contributed by atoms with Crippen LogP contribution < -0.4 is 10.1 Å². The van der Waals surface area contributed by atoms with Crippen molar-refractivity contribution in [2.75, 3.05) is 19.7 Å². The summed E-state index contributed by atoms with van der Waals surface area (Å²) in [6.45, 7) is 1.18. The average molecular weight is 278 g/mol. The molecule has 2 aromatic rings. The number of rotatable bonds is 7. The van der Waals surface area contributed by atoms with E-state index in [4.69, 9.17) is 9.84 Å². The fraction of sp³-hybridized carbons (Fsp3) is 0.267. The summed E-state index contributed by atoms with van der Waals surface area (Å²) in [5, 5.41) is 11.7. The highest BCUT2D eigenvalue weighted by molar-refractivity contribution is 5.32. The molecule has 0 saturated carbocycles. The SMILES string of the molecule is OCCNCCc1cc(Oc2ccccn2)ccc1F.[HH]. The molecule has 0 atom stereocenters. The molecule has 0 saturated heterocycles. The van der Waals surface area contributed by atoms with Crippen LogP contribution in [-0.4, -0.2) is 29.8 Å². The van der Waals surface area contributed by atoms with Gasteiger partial charge >= 0.3 is 0 Å². The van der Waals surface area contributed by atoms with Gasteiger partial charge in [0.2, 0.25) is 5.88 Å². The minimum absolute atomic E-state index is 0. The molecule has 2 rings (SSSR count). The van der Waals surface area contributed by atoms with Crippen LogP contribution in [0.3, 0.4) is 0 Å². The molecule has 0 unspecified atom stereocenters. The second kappa shape index (κ2) is 7.57. The van der Waals surface area contributed by atoms with E-state index < -0.39 is 0 Å². The van der Waals surface area contributed by atoms with Crippen molar-refractivity contribution in [3.8, 4) is 11.6 Å². The molecule has 108 valence electrons. The Morgan fingerprint density at radius 2 is 2.15 bits per heavy atom. The minimum Gasteiger partial charge on any atom is -0.439 e. The molecule has 0 aliphatic rings. The second-order valence-electron chi connectivity index (χ2n) is 4.25. The second-order valence-corrected chi connectivity index (χ2v) is 4.25. The van der Waals surface area contributed by atoms with E-state index in [2.05, 4.69) is 10.3 Å². The van der Waals surface area contributed by atoms with E-state index in [0.717, 1.165) is 0 Å². The Morgan fingerprint density at radius 1 is 1.25 bits per heavy atom. The van der Waals surface area contributed by atoms with Gasteiger partial charge in [0.25, 0.3) is 0 Å². The molecule has 20 heavy (non-hydrogen) atoms. The van der Waals surface area contributed by atoms with Gasteiger partial charge in [-0.05, 0) is 42.8 Å². The number of aromatic nitrogens is 1. The highest BCUT2D eigenvalue weighted by Crippen LogP contribution is 2.22. The molecule has 0 amide bonds. The number of halogens is 1. The first-order valence-corrected chi connectivity index (χ1v) is 6.48. The molecule has 1 heterocycles. The van der Waals surface area contributed by atoms with Crippen LogP contribution in [0.2, 0.25) is 0 Å². The first-order valence-electron chi connectivity index (χ1n) is 6.48. The van der Waals surface area contributed by atoms with Crippen molar-refractivity contribution < 1.29 is 15.7 Å². The van der Waals surface area contributed by atoms with E-state index in [-0.39, 0.29) is 13.9 Å². The summed E-state index contributed by atoms with van der Waals surface area (Å²) < 4.78 is 19.2. The average Bonchev–Trinajstić information content (AvgIpc) is 2.48. The summed E-state index contributed by atoms with van der Waals surface area (Å²) in [4.78, 5) is 4.06. The number of hydrogen-bond acceptors (Lipinski definition) is 4. The van der Waals surface area contributed by atoms with Gasteiger partial charge in [0, 0.05) is 20.2 Å². The molecule has 0 fully saturated rings. The van der Waals surface area contributed by atoms with Gasteiger partial charge in [0.15, 0.2) is 0 Å². The Bertz CT molecular complexity index is 540. The largest absolute Gasteiger partial charge is 0.439 e. The van der Waals surface area contributed by atoms with Crippen LogP contribution in [0.4, 0.5) is 4.39 Å². The maximum atomic E-state index is 13.7. The molecular weight excluding hydrogens is 259 g/mol. The van der Waals surface area contributed by atoms with Crippen LogP contribution >= 0.6 is 0 Å². The maximum Gasteiger partial charge on any atom is 0.219 e. The quantitative estimate of drug-likeness (QED) is 0.764. The summed E-state index contributed by atoms with van der Waals surface area (Å²) in [7, 11) is 0. The lowest BCUT2D eigenvalue weighted by atomic mass is 10.1. The Hall–Kier alpha value is -1.98. The van der Waals surface area contributed by atoms with Crippen molar-refractivity contribution in [3.63, 3.8) is 0 Å². The van der Waals surface area contributed by atoms with Crippen LogP contribution in [0.25, 0.3) is 0 Å². The van der Waals surface area contributed by atoms with Crippen molar-refractivity contribution in [2.45, 2.75) is 6.42 Å². The first-order chi connectivity index (χ1) is 9.79. The maximum absolute atomic E-state index is 13.7. The predicted molar refractivity (Wildman–Crippen MR) is 76.5 cm³/mol. The third kappa shape index (κ3) is 4.29. The van der Waals surface area contributed by atoms with E-state index >= 15 is 0 Å². The van der Waals surface area contributed by atoms with Gasteiger partial charge < -0.3 is 15.2 Å². The number of benzene rings is 1. The normalized spacial score (nSPS) is 10.5. The molecule has 0 aliphatic carbocycles. The van der Waals surface area contributed by atoms with Gasteiger partial charge in [-0.25, -0.2) is 9.37 Å². The molecule has 0 radical (unpaired) electrons.